The average molecular weight is 298 g/mol. The molecule has 1 atom stereocenters. The average Bonchev–Trinajstić information content (AvgIpc) is 3.08. The van der Waals surface area contributed by atoms with Gasteiger partial charge in [-0.1, -0.05) is 30.3 Å². The van der Waals surface area contributed by atoms with Crippen molar-refractivity contribution in [3.63, 3.8) is 0 Å². The van der Waals surface area contributed by atoms with Crippen LogP contribution in [0, 0.1) is 0 Å². The molecule has 116 valence electrons. The van der Waals surface area contributed by atoms with Gasteiger partial charge in [-0.3, -0.25) is 0 Å². The lowest BCUT2D eigenvalue weighted by Gasteiger charge is -2.11. The first-order chi connectivity index (χ1) is 10.9. The summed E-state index contributed by atoms with van der Waals surface area (Å²) in [6.45, 7) is 2.97. The SMILES string of the molecule is c1ccc(NCc2cccc(COCC3CCCO3)c2)nc1. The molecule has 0 bridgehead atoms. The van der Waals surface area contributed by atoms with Crippen LogP contribution in [0.3, 0.4) is 0 Å². The molecule has 1 aromatic heterocycles. The zero-order valence-corrected chi connectivity index (χ0v) is 12.7. The first-order valence-electron chi connectivity index (χ1n) is 7.82. The minimum atomic E-state index is 0.286. The lowest BCUT2D eigenvalue weighted by molar-refractivity contribution is 0.0106. The minimum absolute atomic E-state index is 0.286. The van der Waals surface area contributed by atoms with E-state index in [2.05, 4.69) is 34.6 Å². The summed E-state index contributed by atoms with van der Waals surface area (Å²) in [6.07, 6.45) is 4.35. The second-order valence-electron chi connectivity index (χ2n) is 5.54. The van der Waals surface area contributed by atoms with Crippen molar-refractivity contribution in [2.45, 2.75) is 32.1 Å². The second-order valence-corrected chi connectivity index (χ2v) is 5.54. The highest BCUT2D eigenvalue weighted by atomic mass is 16.5. The van der Waals surface area contributed by atoms with Gasteiger partial charge in [0.25, 0.3) is 0 Å². The minimum Gasteiger partial charge on any atom is -0.376 e. The molecule has 1 saturated heterocycles. The third-order valence-electron chi connectivity index (χ3n) is 3.73. The van der Waals surface area contributed by atoms with E-state index in [-0.39, 0.29) is 6.10 Å². The van der Waals surface area contributed by atoms with Gasteiger partial charge in [0.2, 0.25) is 0 Å². The van der Waals surface area contributed by atoms with Crippen LogP contribution in [-0.2, 0) is 22.6 Å². The van der Waals surface area contributed by atoms with Crippen LogP contribution in [-0.4, -0.2) is 24.3 Å². The lowest BCUT2D eigenvalue weighted by Crippen LogP contribution is -2.13. The molecule has 1 aromatic carbocycles. The van der Waals surface area contributed by atoms with E-state index in [1.165, 1.54) is 11.1 Å². The molecule has 0 amide bonds. The molecule has 1 aliphatic heterocycles. The van der Waals surface area contributed by atoms with Crippen LogP contribution >= 0.6 is 0 Å². The van der Waals surface area contributed by atoms with Gasteiger partial charge in [0.05, 0.1) is 19.3 Å². The Balaban J connectivity index is 1.47. The summed E-state index contributed by atoms with van der Waals surface area (Å²) in [4.78, 5) is 4.26. The summed E-state index contributed by atoms with van der Waals surface area (Å²) in [6, 6.07) is 14.3. The van der Waals surface area contributed by atoms with Crippen LogP contribution in [0.25, 0.3) is 0 Å². The Morgan fingerprint density at radius 3 is 2.95 bits per heavy atom. The number of nitrogens with one attached hydrogen (secondary N) is 1. The number of nitrogens with zero attached hydrogens (tertiary/aromatic N) is 1. The van der Waals surface area contributed by atoms with Gasteiger partial charge in [-0.15, -0.1) is 0 Å². The first-order valence-corrected chi connectivity index (χ1v) is 7.82. The van der Waals surface area contributed by atoms with Crippen LogP contribution in [0.15, 0.2) is 48.7 Å². The summed E-state index contributed by atoms with van der Waals surface area (Å²) in [5.74, 6) is 0.891. The highest BCUT2D eigenvalue weighted by Gasteiger charge is 2.15. The van der Waals surface area contributed by atoms with Crippen molar-refractivity contribution < 1.29 is 9.47 Å². The molecule has 3 rings (SSSR count). The fourth-order valence-electron chi connectivity index (χ4n) is 2.57. The number of benzene rings is 1. The van der Waals surface area contributed by atoms with Crippen LogP contribution < -0.4 is 5.32 Å². The van der Waals surface area contributed by atoms with Crippen molar-refractivity contribution >= 4 is 5.82 Å². The predicted octanol–water partition coefficient (Wildman–Crippen LogP) is 3.39. The quantitative estimate of drug-likeness (QED) is 0.851. The van der Waals surface area contributed by atoms with Gasteiger partial charge in [0, 0.05) is 19.3 Å². The molecule has 4 nitrogen and oxygen atoms in total. The molecule has 0 aliphatic carbocycles. The van der Waals surface area contributed by atoms with Gasteiger partial charge in [-0.05, 0) is 36.1 Å². The van der Waals surface area contributed by atoms with Crippen LogP contribution in [0.4, 0.5) is 5.82 Å². The summed E-state index contributed by atoms with van der Waals surface area (Å²) >= 11 is 0. The van der Waals surface area contributed by atoms with Gasteiger partial charge in [-0.2, -0.15) is 0 Å². The Morgan fingerprint density at radius 1 is 1.18 bits per heavy atom. The zero-order valence-electron chi connectivity index (χ0n) is 12.7. The molecule has 1 aliphatic rings. The predicted molar refractivity (Wildman–Crippen MR) is 86.6 cm³/mol. The van der Waals surface area contributed by atoms with E-state index < -0.39 is 0 Å². The molecule has 22 heavy (non-hydrogen) atoms. The van der Waals surface area contributed by atoms with Crippen molar-refractivity contribution in [3.8, 4) is 0 Å². The molecule has 4 heteroatoms. The monoisotopic (exact) mass is 298 g/mol. The number of rotatable bonds is 7. The molecule has 2 aromatic rings. The van der Waals surface area contributed by atoms with Crippen molar-refractivity contribution in [1.82, 2.24) is 4.98 Å². The highest BCUT2D eigenvalue weighted by molar-refractivity contribution is 5.35. The van der Waals surface area contributed by atoms with E-state index in [9.17, 15) is 0 Å². The van der Waals surface area contributed by atoms with Crippen molar-refractivity contribution in [2.24, 2.45) is 0 Å². The van der Waals surface area contributed by atoms with Gasteiger partial charge >= 0.3 is 0 Å². The third-order valence-corrected chi connectivity index (χ3v) is 3.73. The zero-order chi connectivity index (χ0) is 15.0. The molecule has 0 radical (unpaired) electrons. The van der Waals surface area contributed by atoms with E-state index in [0.29, 0.717) is 13.2 Å². The maximum absolute atomic E-state index is 5.76. The van der Waals surface area contributed by atoms with E-state index >= 15 is 0 Å². The smallest absolute Gasteiger partial charge is 0.126 e. The summed E-state index contributed by atoms with van der Waals surface area (Å²) < 4.78 is 11.3. The number of aromatic nitrogens is 1. The summed E-state index contributed by atoms with van der Waals surface area (Å²) in [7, 11) is 0. The largest absolute Gasteiger partial charge is 0.376 e. The second kappa shape index (κ2) is 7.92. The van der Waals surface area contributed by atoms with E-state index in [4.69, 9.17) is 9.47 Å². The third kappa shape index (κ3) is 4.55. The number of anilines is 1. The number of pyridine rings is 1. The maximum Gasteiger partial charge on any atom is 0.126 e. The van der Waals surface area contributed by atoms with Crippen molar-refractivity contribution in [1.29, 1.82) is 0 Å². The summed E-state index contributed by atoms with van der Waals surface area (Å²) in [5, 5.41) is 3.32. The van der Waals surface area contributed by atoms with Gasteiger partial charge < -0.3 is 14.8 Å². The Labute approximate surface area is 131 Å². The highest BCUT2D eigenvalue weighted by Crippen LogP contribution is 2.14. The Hall–Kier alpha value is -1.91. The molecular formula is C18H22N2O2. The topological polar surface area (TPSA) is 43.4 Å². The Bertz CT molecular complexity index is 568. The Kier molecular flexibility index (Phi) is 5.40. The van der Waals surface area contributed by atoms with Crippen molar-refractivity contribution in [3.05, 3.63) is 59.8 Å². The fraction of sp³-hybridized carbons (Fsp3) is 0.389. The van der Waals surface area contributed by atoms with Crippen molar-refractivity contribution in [2.75, 3.05) is 18.5 Å². The molecule has 0 spiro atoms. The summed E-state index contributed by atoms with van der Waals surface area (Å²) in [5.41, 5.74) is 2.42. The first kappa shape index (κ1) is 15.0. The standard InChI is InChI=1S/C18H22N2O2/c1-2-9-19-18(8-1)20-12-15-5-3-6-16(11-15)13-21-14-17-7-4-10-22-17/h1-3,5-6,8-9,11,17H,4,7,10,12-14H2,(H,19,20). The molecule has 1 unspecified atom stereocenters. The number of ether oxygens (including phenoxy) is 2. The normalized spacial score (nSPS) is 17.5. The van der Waals surface area contributed by atoms with Gasteiger partial charge in [-0.25, -0.2) is 4.98 Å². The van der Waals surface area contributed by atoms with Crippen LogP contribution in [0.1, 0.15) is 24.0 Å². The number of hydrogen-bond acceptors (Lipinski definition) is 4. The van der Waals surface area contributed by atoms with E-state index in [0.717, 1.165) is 31.8 Å². The molecule has 1 fully saturated rings. The van der Waals surface area contributed by atoms with Gasteiger partial charge in [0.15, 0.2) is 0 Å². The Morgan fingerprint density at radius 2 is 2.14 bits per heavy atom. The molecule has 2 heterocycles. The molecular weight excluding hydrogens is 276 g/mol. The van der Waals surface area contributed by atoms with Crippen LogP contribution in [0.2, 0.25) is 0 Å². The van der Waals surface area contributed by atoms with E-state index in [1.807, 2.05) is 18.2 Å². The van der Waals surface area contributed by atoms with E-state index in [1.54, 1.807) is 6.20 Å². The molecule has 0 saturated carbocycles. The maximum atomic E-state index is 5.76. The fourth-order valence-corrected chi connectivity index (χ4v) is 2.57. The van der Waals surface area contributed by atoms with Crippen LogP contribution in [0.5, 0.6) is 0 Å². The molecule has 1 N–H and O–H groups in total. The van der Waals surface area contributed by atoms with Gasteiger partial charge in [0.1, 0.15) is 5.82 Å². The number of hydrogen-bond donors (Lipinski definition) is 1. The lowest BCUT2D eigenvalue weighted by atomic mass is 10.1.